The van der Waals surface area contributed by atoms with Gasteiger partial charge in [-0.25, -0.2) is 8.42 Å². The standard InChI is InChI=1S/C17H24N2O4S/c1-13(20)14-8-10-16(11-9-14)24(22,23)19(2)12-17(21)18-15-6-4-3-5-7-15/h8-11,15H,3-7,12H2,1-2H3,(H,18,21). The number of likely N-dealkylation sites (N-methyl/N-ethyl adjacent to an activating group) is 1. The minimum absolute atomic E-state index is 0.0699. The Hall–Kier alpha value is -1.73. The van der Waals surface area contributed by atoms with E-state index in [0.29, 0.717) is 5.56 Å². The third-order valence-corrected chi connectivity index (χ3v) is 6.12. The maximum Gasteiger partial charge on any atom is 0.243 e. The summed E-state index contributed by atoms with van der Waals surface area (Å²) in [6.45, 7) is 1.21. The molecule has 0 saturated heterocycles. The normalized spacial score (nSPS) is 16.1. The fraction of sp³-hybridized carbons (Fsp3) is 0.529. The van der Waals surface area contributed by atoms with Crippen LogP contribution in [0.3, 0.4) is 0 Å². The molecule has 0 aliphatic heterocycles. The van der Waals surface area contributed by atoms with Crippen molar-refractivity contribution in [2.75, 3.05) is 13.6 Å². The van der Waals surface area contributed by atoms with Crippen LogP contribution < -0.4 is 5.32 Å². The number of carbonyl (C=O) groups excluding carboxylic acids is 2. The zero-order chi connectivity index (χ0) is 17.7. The van der Waals surface area contributed by atoms with Crippen LogP contribution in [0.1, 0.15) is 49.4 Å². The van der Waals surface area contributed by atoms with E-state index >= 15 is 0 Å². The van der Waals surface area contributed by atoms with Crippen molar-refractivity contribution < 1.29 is 18.0 Å². The Bertz CT molecular complexity index is 692. The van der Waals surface area contributed by atoms with Crippen molar-refractivity contribution in [2.24, 2.45) is 0 Å². The molecule has 0 aromatic heterocycles. The van der Waals surface area contributed by atoms with E-state index in [2.05, 4.69) is 5.32 Å². The van der Waals surface area contributed by atoms with Gasteiger partial charge in [0.2, 0.25) is 15.9 Å². The lowest BCUT2D eigenvalue weighted by atomic mass is 9.95. The molecule has 1 saturated carbocycles. The first-order valence-electron chi connectivity index (χ1n) is 8.17. The quantitative estimate of drug-likeness (QED) is 0.793. The van der Waals surface area contributed by atoms with Gasteiger partial charge in [-0.15, -0.1) is 0 Å². The van der Waals surface area contributed by atoms with Gasteiger partial charge >= 0.3 is 0 Å². The van der Waals surface area contributed by atoms with Crippen LogP contribution in [0.15, 0.2) is 29.2 Å². The number of Topliss-reactive ketones (excluding diaryl/α,β-unsaturated/α-hetero) is 1. The van der Waals surface area contributed by atoms with Crippen molar-refractivity contribution in [1.82, 2.24) is 9.62 Å². The number of nitrogens with one attached hydrogen (secondary N) is 1. The summed E-state index contributed by atoms with van der Waals surface area (Å²) < 4.78 is 26.0. The monoisotopic (exact) mass is 352 g/mol. The second kappa shape index (κ2) is 7.90. The Morgan fingerprint density at radius 2 is 1.71 bits per heavy atom. The van der Waals surface area contributed by atoms with Gasteiger partial charge in [-0.05, 0) is 31.9 Å². The lowest BCUT2D eigenvalue weighted by Gasteiger charge is -2.24. The number of hydrogen-bond donors (Lipinski definition) is 1. The number of amides is 1. The van der Waals surface area contributed by atoms with Gasteiger partial charge in [0.25, 0.3) is 0 Å². The Morgan fingerprint density at radius 3 is 2.25 bits per heavy atom. The Labute approximate surface area is 143 Å². The molecule has 1 aromatic rings. The Balaban J connectivity index is 1.99. The smallest absolute Gasteiger partial charge is 0.243 e. The number of nitrogens with zero attached hydrogens (tertiary/aromatic N) is 1. The highest BCUT2D eigenvalue weighted by molar-refractivity contribution is 7.89. The van der Waals surface area contributed by atoms with E-state index in [4.69, 9.17) is 0 Å². The molecule has 0 atom stereocenters. The minimum Gasteiger partial charge on any atom is -0.352 e. The van der Waals surface area contributed by atoms with Crippen LogP contribution in [0.5, 0.6) is 0 Å². The molecule has 0 heterocycles. The van der Waals surface area contributed by atoms with Crippen molar-refractivity contribution in [2.45, 2.75) is 50.0 Å². The van der Waals surface area contributed by atoms with Gasteiger partial charge in [-0.2, -0.15) is 4.31 Å². The number of ketones is 1. The molecular weight excluding hydrogens is 328 g/mol. The molecule has 0 unspecified atom stereocenters. The predicted molar refractivity (Wildman–Crippen MR) is 91.3 cm³/mol. The molecule has 1 fully saturated rings. The van der Waals surface area contributed by atoms with Gasteiger partial charge in [0.1, 0.15) is 0 Å². The largest absolute Gasteiger partial charge is 0.352 e. The SMILES string of the molecule is CC(=O)c1ccc(S(=O)(=O)N(C)CC(=O)NC2CCCCC2)cc1. The van der Waals surface area contributed by atoms with Gasteiger partial charge in [0.05, 0.1) is 11.4 Å². The average Bonchev–Trinajstić information content (AvgIpc) is 2.55. The second-order valence-electron chi connectivity index (χ2n) is 6.24. The maximum atomic E-state index is 12.5. The van der Waals surface area contributed by atoms with E-state index in [1.54, 1.807) is 0 Å². The second-order valence-corrected chi connectivity index (χ2v) is 8.29. The van der Waals surface area contributed by atoms with Crippen molar-refractivity contribution in [3.8, 4) is 0 Å². The highest BCUT2D eigenvalue weighted by Crippen LogP contribution is 2.18. The van der Waals surface area contributed by atoms with E-state index in [1.807, 2.05) is 0 Å². The van der Waals surface area contributed by atoms with Crippen LogP contribution in [0, 0.1) is 0 Å². The molecule has 132 valence electrons. The molecule has 1 N–H and O–H groups in total. The zero-order valence-corrected chi connectivity index (χ0v) is 14.9. The molecule has 1 aliphatic rings. The van der Waals surface area contributed by atoms with Crippen LogP contribution in [-0.2, 0) is 14.8 Å². The first kappa shape index (κ1) is 18.6. The van der Waals surface area contributed by atoms with Crippen LogP contribution in [0.25, 0.3) is 0 Å². The molecular formula is C17H24N2O4S. The average molecular weight is 352 g/mol. The van der Waals surface area contributed by atoms with Crippen molar-refractivity contribution in [3.63, 3.8) is 0 Å². The summed E-state index contributed by atoms with van der Waals surface area (Å²) in [6.07, 6.45) is 5.30. The van der Waals surface area contributed by atoms with E-state index in [0.717, 1.165) is 30.0 Å². The van der Waals surface area contributed by atoms with Crippen molar-refractivity contribution >= 4 is 21.7 Å². The zero-order valence-electron chi connectivity index (χ0n) is 14.1. The highest BCUT2D eigenvalue weighted by atomic mass is 32.2. The molecule has 6 nitrogen and oxygen atoms in total. The maximum absolute atomic E-state index is 12.5. The summed E-state index contributed by atoms with van der Waals surface area (Å²) in [5.41, 5.74) is 0.451. The topological polar surface area (TPSA) is 83.6 Å². The fourth-order valence-corrected chi connectivity index (χ4v) is 3.98. The fourth-order valence-electron chi connectivity index (χ4n) is 2.85. The number of sulfonamides is 1. The van der Waals surface area contributed by atoms with Gasteiger partial charge < -0.3 is 5.32 Å². The first-order valence-corrected chi connectivity index (χ1v) is 9.61. The van der Waals surface area contributed by atoms with Crippen LogP contribution >= 0.6 is 0 Å². The van der Waals surface area contributed by atoms with E-state index in [9.17, 15) is 18.0 Å². The molecule has 1 aliphatic carbocycles. The molecule has 0 radical (unpaired) electrons. The summed E-state index contributed by atoms with van der Waals surface area (Å²) in [4.78, 5) is 23.4. The third kappa shape index (κ3) is 4.64. The number of hydrogen-bond acceptors (Lipinski definition) is 4. The molecule has 0 bridgehead atoms. The molecule has 24 heavy (non-hydrogen) atoms. The van der Waals surface area contributed by atoms with E-state index in [1.165, 1.54) is 44.7 Å². The summed E-state index contributed by atoms with van der Waals surface area (Å²) in [6, 6.07) is 5.89. The number of rotatable bonds is 6. The first-order chi connectivity index (χ1) is 11.3. The highest BCUT2D eigenvalue weighted by Gasteiger charge is 2.24. The van der Waals surface area contributed by atoms with Crippen LogP contribution in [0.4, 0.5) is 0 Å². The minimum atomic E-state index is -3.76. The summed E-state index contributed by atoms with van der Waals surface area (Å²) in [5.74, 6) is -0.410. The molecule has 1 amide bonds. The summed E-state index contributed by atoms with van der Waals surface area (Å²) >= 11 is 0. The van der Waals surface area contributed by atoms with Gasteiger partial charge in [-0.1, -0.05) is 31.4 Å². The van der Waals surface area contributed by atoms with E-state index in [-0.39, 0.29) is 29.2 Å². The van der Waals surface area contributed by atoms with Gasteiger partial charge in [0.15, 0.2) is 5.78 Å². The number of benzene rings is 1. The molecule has 2 rings (SSSR count). The third-order valence-electron chi connectivity index (χ3n) is 4.31. The Morgan fingerprint density at radius 1 is 1.12 bits per heavy atom. The molecule has 7 heteroatoms. The van der Waals surface area contributed by atoms with Crippen molar-refractivity contribution in [3.05, 3.63) is 29.8 Å². The van der Waals surface area contributed by atoms with Crippen LogP contribution in [-0.4, -0.2) is 44.0 Å². The predicted octanol–water partition coefficient (Wildman–Crippen LogP) is 1.96. The molecule has 0 spiro atoms. The summed E-state index contributed by atoms with van der Waals surface area (Å²) in [5, 5.41) is 2.91. The molecule has 1 aromatic carbocycles. The number of carbonyl (C=O) groups is 2. The lowest BCUT2D eigenvalue weighted by molar-refractivity contribution is -0.122. The van der Waals surface area contributed by atoms with Gasteiger partial charge in [-0.3, -0.25) is 9.59 Å². The van der Waals surface area contributed by atoms with Gasteiger partial charge in [0, 0.05) is 18.7 Å². The Kier molecular flexibility index (Phi) is 6.12. The summed E-state index contributed by atoms with van der Waals surface area (Å²) in [7, 11) is -2.37. The lowest BCUT2D eigenvalue weighted by Crippen LogP contribution is -2.43. The van der Waals surface area contributed by atoms with E-state index < -0.39 is 10.0 Å². The van der Waals surface area contributed by atoms with Crippen LogP contribution in [0.2, 0.25) is 0 Å². The van der Waals surface area contributed by atoms with Crippen molar-refractivity contribution in [1.29, 1.82) is 0 Å².